The first-order valence-corrected chi connectivity index (χ1v) is 7.45. The number of aliphatic hydroxyl groups is 1. The zero-order chi connectivity index (χ0) is 15.5. The molecule has 0 saturated heterocycles. The summed E-state index contributed by atoms with van der Waals surface area (Å²) in [5.74, 6) is 0.132. The number of hydrogen-bond donors (Lipinski definition) is 2. The number of phenolic OH excluding ortho intramolecular Hbond substituents is 1. The second-order valence-electron chi connectivity index (χ2n) is 5.58. The third-order valence-electron chi connectivity index (χ3n) is 4.17. The second kappa shape index (κ2) is 6.20. The molecule has 0 aromatic heterocycles. The van der Waals surface area contributed by atoms with Gasteiger partial charge in [-0.15, -0.1) is 0 Å². The van der Waals surface area contributed by atoms with Gasteiger partial charge < -0.3 is 15.1 Å². The summed E-state index contributed by atoms with van der Waals surface area (Å²) in [5, 5.41) is 19.2. The fraction of sp³-hybridized carbons (Fsp3) is 0.278. The fourth-order valence-corrected chi connectivity index (χ4v) is 3.09. The number of phenols is 1. The summed E-state index contributed by atoms with van der Waals surface area (Å²) >= 11 is 0. The first-order chi connectivity index (χ1) is 10.7. The van der Waals surface area contributed by atoms with Gasteiger partial charge in [-0.1, -0.05) is 36.4 Å². The van der Waals surface area contributed by atoms with E-state index in [4.69, 9.17) is 0 Å². The van der Waals surface area contributed by atoms with E-state index in [2.05, 4.69) is 6.07 Å². The largest absolute Gasteiger partial charge is 0.508 e. The van der Waals surface area contributed by atoms with Crippen molar-refractivity contribution in [2.75, 3.05) is 13.2 Å². The number of aromatic hydroxyl groups is 1. The number of nitrogens with zero attached hydrogens (tertiary/aromatic N) is 1. The monoisotopic (exact) mass is 297 g/mol. The predicted octanol–water partition coefficient (Wildman–Crippen LogP) is 2.05. The fourth-order valence-electron chi connectivity index (χ4n) is 3.09. The van der Waals surface area contributed by atoms with Crippen molar-refractivity contribution in [3.63, 3.8) is 0 Å². The van der Waals surface area contributed by atoms with Crippen LogP contribution in [0.2, 0.25) is 0 Å². The van der Waals surface area contributed by atoms with Crippen molar-refractivity contribution in [2.45, 2.75) is 18.9 Å². The van der Waals surface area contributed by atoms with Crippen LogP contribution in [0.4, 0.5) is 0 Å². The number of amides is 1. The Balaban J connectivity index is 1.81. The van der Waals surface area contributed by atoms with Crippen molar-refractivity contribution in [3.05, 3.63) is 65.2 Å². The van der Waals surface area contributed by atoms with Crippen molar-refractivity contribution >= 4 is 5.91 Å². The molecule has 0 fully saturated rings. The molecule has 1 aliphatic rings. The quantitative estimate of drug-likeness (QED) is 0.911. The number of benzene rings is 2. The molecule has 0 aliphatic carbocycles. The standard InChI is InChI=1S/C18H19NO3/c20-12-17-16-7-2-1-5-14(16)8-9-19(17)18(22)11-13-4-3-6-15(21)10-13/h1-7,10,17,20-21H,8-9,11-12H2/t17-/m0/s1. The highest BCUT2D eigenvalue weighted by atomic mass is 16.3. The lowest BCUT2D eigenvalue weighted by Crippen LogP contribution is -2.42. The lowest BCUT2D eigenvalue weighted by Gasteiger charge is -2.36. The van der Waals surface area contributed by atoms with Crippen molar-refractivity contribution < 1.29 is 15.0 Å². The molecule has 2 aromatic rings. The molecule has 22 heavy (non-hydrogen) atoms. The van der Waals surface area contributed by atoms with Crippen LogP contribution in [-0.2, 0) is 17.6 Å². The molecule has 0 unspecified atom stereocenters. The van der Waals surface area contributed by atoms with E-state index in [9.17, 15) is 15.0 Å². The number of carbonyl (C=O) groups is 1. The van der Waals surface area contributed by atoms with Crippen LogP contribution in [0.25, 0.3) is 0 Å². The average Bonchev–Trinajstić information content (AvgIpc) is 2.53. The number of aliphatic hydroxyl groups excluding tert-OH is 1. The van der Waals surface area contributed by atoms with Gasteiger partial charge in [-0.05, 0) is 35.2 Å². The van der Waals surface area contributed by atoms with Crippen LogP contribution in [0.1, 0.15) is 22.7 Å². The lowest BCUT2D eigenvalue weighted by molar-refractivity contribution is -0.134. The Morgan fingerprint density at radius 3 is 2.77 bits per heavy atom. The molecule has 4 nitrogen and oxygen atoms in total. The molecule has 0 spiro atoms. The summed E-state index contributed by atoms with van der Waals surface area (Å²) in [6.45, 7) is 0.530. The maximum Gasteiger partial charge on any atom is 0.227 e. The maximum atomic E-state index is 12.6. The molecule has 114 valence electrons. The van der Waals surface area contributed by atoms with Gasteiger partial charge in [0.25, 0.3) is 0 Å². The molecule has 2 N–H and O–H groups in total. The van der Waals surface area contributed by atoms with E-state index in [-0.39, 0.29) is 30.7 Å². The normalized spacial score (nSPS) is 17.1. The molecule has 0 saturated carbocycles. The summed E-state index contributed by atoms with van der Waals surface area (Å²) in [6, 6.07) is 14.4. The van der Waals surface area contributed by atoms with Crippen LogP contribution < -0.4 is 0 Å². The molecular weight excluding hydrogens is 278 g/mol. The minimum atomic E-state index is -0.283. The smallest absolute Gasteiger partial charge is 0.227 e. The third-order valence-corrected chi connectivity index (χ3v) is 4.17. The Hall–Kier alpha value is -2.33. The van der Waals surface area contributed by atoms with E-state index >= 15 is 0 Å². The molecule has 0 radical (unpaired) electrons. The Kier molecular flexibility index (Phi) is 4.11. The van der Waals surface area contributed by atoms with E-state index in [1.54, 1.807) is 23.1 Å². The summed E-state index contributed by atoms with van der Waals surface area (Å²) in [6.07, 6.45) is 1.03. The average molecular weight is 297 g/mol. The second-order valence-corrected chi connectivity index (χ2v) is 5.58. The highest BCUT2D eigenvalue weighted by Gasteiger charge is 2.29. The van der Waals surface area contributed by atoms with Crippen LogP contribution in [0.5, 0.6) is 5.75 Å². The zero-order valence-corrected chi connectivity index (χ0v) is 12.3. The van der Waals surface area contributed by atoms with Gasteiger partial charge in [0.2, 0.25) is 5.91 Å². The van der Waals surface area contributed by atoms with Gasteiger partial charge in [0.05, 0.1) is 19.1 Å². The molecule has 3 rings (SSSR count). The Morgan fingerprint density at radius 2 is 2.00 bits per heavy atom. The minimum absolute atomic E-state index is 0.0286. The van der Waals surface area contributed by atoms with Crippen molar-refractivity contribution in [1.29, 1.82) is 0 Å². The Labute approximate surface area is 129 Å². The third kappa shape index (κ3) is 2.83. The number of rotatable bonds is 3. The zero-order valence-electron chi connectivity index (χ0n) is 12.3. The van der Waals surface area contributed by atoms with Crippen LogP contribution >= 0.6 is 0 Å². The Bertz CT molecular complexity index is 684. The van der Waals surface area contributed by atoms with Gasteiger partial charge in [-0.25, -0.2) is 0 Å². The van der Waals surface area contributed by atoms with Crippen LogP contribution in [-0.4, -0.2) is 34.2 Å². The summed E-state index contributed by atoms with van der Waals surface area (Å²) in [5.41, 5.74) is 3.00. The van der Waals surface area contributed by atoms with Gasteiger partial charge in [-0.2, -0.15) is 0 Å². The van der Waals surface area contributed by atoms with Gasteiger partial charge in [0.1, 0.15) is 5.75 Å². The topological polar surface area (TPSA) is 60.8 Å². The van der Waals surface area contributed by atoms with Gasteiger partial charge in [0.15, 0.2) is 0 Å². The lowest BCUT2D eigenvalue weighted by atomic mass is 9.92. The summed E-state index contributed by atoms with van der Waals surface area (Å²) < 4.78 is 0. The summed E-state index contributed by atoms with van der Waals surface area (Å²) in [4.78, 5) is 14.3. The molecule has 1 atom stereocenters. The first-order valence-electron chi connectivity index (χ1n) is 7.45. The molecule has 1 amide bonds. The van der Waals surface area contributed by atoms with E-state index in [1.165, 1.54) is 5.56 Å². The van der Waals surface area contributed by atoms with Crippen LogP contribution in [0.3, 0.4) is 0 Å². The van der Waals surface area contributed by atoms with Crippen LogP contribution in [0.15, 0.2) is 48.5 Å². The molecular formula is C18H19NO3. The predicted molar refractivity (Wildman–Crippen MR) is 83.5 cm³/mol. The van der Waals surface area contributed by atoms with Gasteiger partial charge in [-0.3, -0.25) is 4.79 Å². The van der Waals surface area contributed by atoms with E-state index < -0.39 is 0 Å². The SMILES string of the molecule is O=C(Cc1cccc(O)c1)N1CCc2ccccc2[C@@H]1CO. The molecule has 0 bridgehead atoms. The number of fused-ring (bicyclic) bond motifs is 1. The van der Waals surface area contributed by atoms with E-state index in [0.29, 0.717) is 6.54 Å². The van der Waals surface area contributed by atoms with Crippen molar-refractivity contribution in [2.24, 2.45) is 0 Å². The maximum absolute atomic E-state index is 12.6. The van der Waals surface area contributed by atoms with Gasteiger partial charge >= 0.3 is 0 Å². The van der Waals surface area contributed by atoms with Gasteiger partial charge in [0, 0.05) is 6.54 Å². The minimum Gasteiger partial charge on any atom is -0.508 e. The number of hydrogen-bond acceptors (Lipinski definition) is 3. The van der Waals surface area contributed by atoms with E-state index in [1.807, 2.05) is 24.3 Å². The van der Waals surface area contributed by atoms with Crippen LogP contribution in [0, 0.1) is 0 Å². The molecule has 2 aromatic carbocycles. The molecule has 1 heterocycles. The highest BCUT2D eigenvalue weighted by Crippen LogP contribution is 2.29. The Morgan fingerprint density at radius 1 is 1.18 bits per heavy atom. The summed E-state index contributed by atoms with van der Waals surface area (Å²) in [7, 11) is 0. The molecule has 4 heteroatoms. The van der Waals surface area contributed by atoms with E-state index in [0.717, 1.165) is 17.5 Å². The number of carbonyl (C=O) groups excluding carboxylic acids is 1. The van der Waals surface area contributed by atoms with Crippen molar-refractivity contribution in [1.82, 2.24) is 4.90 Å². The highest BCUT2D eigenvalue weighted by molar-refractivity contribution is 5.79. The molecule has 1 aliphatic heterocycles. The van der Waals surface area contributed by atoms with Crippen molar-refractivity contribution in [3.8, 4) is 5.75 Å². The first kappa shape index (κ1) is 14.6.